The van der Waals surface area contributed by atoms with Gasteiger partial charge in [0.15, 0.2) is 5.76 Å². The minimum atomic E-state index is -0.115. The monoisotopic (exact) mass is 328 g/mol. The number of nitrogens with one attached hydrogen (secondary N) is 2. The van der Waals surface area contributed by atoms with Crippen molar-refractivity contribution in [2.75, 3.05) is 6.26 Å². The molecule has 4 rings (SSSR count). The molecule has 2 aromatic rings. The van der Waals surface area contributed by atoms with E-state index in [-0.39, 0.29) is 11.9 Å². The zero-order valence-electron chi connectivity index (χ0n) is 13.0. The number of carbonyl (C=O) groups excluding carboxylic acids is 1. The molecule has 2 fully saturated rings. The van der Waals surface area contributed by atoms with Gasteiger partial charge in [0.25, 0.3) is 5.91 Å². The predicted octanol–water partition coefficient (Wildman–Crippen LogP) is 3.29. The Balaban J connectivity index is 1.45. The number of fused-ring (bicyclic) bond motifs is 2. The smallest absolute Gasteiger partial charge is 0.287 e. The number of carbonyl (C=O) groups is 1. The highest BCUT2D eigenvalue weighted by atomic mass is 32.2. The van der Waals surface area contributed by atoms with E-state index < -0.39 is 0 Å². The average molecular weight is 328 g/mol. The molecule has 3 heterocycles. The number of thioether (sulfide) groups is 1. The summed E-state index contributed by atoms with van der Waals surface area (Å²) in [6.45, 7) is 0. The van der Waals surface area contributed by atoms with Crippen LogP contribution in [0.5, 0.6) is 0 Å². The third-order valence-corrected chi connectivity index (χ3v) is 5.56. The van der Waals surface area contributed by atoms with Crippen molar-refractivity contribution in [3.8, 4) is 11.3 Å². The van der Waals surface area contributed by atoms with E-state index >= 15 is 0 Å². The van der Waals surface area contributed by atoms with Crippen molar-refractivity contribution in [1.82, 2.24) is 10.6 Å². The lowest BCUT2D eigenvalue weighted by Gasteiger charge is -2.20. The zero-order valence-corrected chi connectivity index (χ0v) is 13.9. The number of amides is 1. The van der Waals surface area contributed by atoms with E-state index in [0.29, 0.717) is 17.8 Å². The number of furan rings is 1. The Kier molecular flexibility index (Phi) is 3.91. The van der Waals surface area contributed by atoms with Crippen molar-refractivity contribution < 1.29 is 9.21 Å². The molecule has 2 N–H and O–H groups in total. The highest BCUT2D eigenvalue weighted by Crippen LogP contribution is 2.29. The highest BCUT2D eigenvalue weighted by Gasteiger charge is 2.39. The summed E-state index contributed by atoms with van der Waals surface area (Å²) in [5.41, 5.74) is 0.989. The topological polar surface area (TPSA) is 54.3 Å². The van der Waals surface area contributed by atoms with Crippen LogP contribution in [-0.2, 0) is 0 Å². The minimum absolute atomic E-state index is 0.115. The van der Waals surface area contributed by atoms with Crippen LogP contribution in [0.2, 0.25) is 0 Å². The van der Waals surface area contributed by atoms with E-state index in [1.807, 2.05) is 18.2 Å². The van der Waals surface area contributed by atoms with Gasteiger partial charge in [-0.2, -0.15) is 0 Å². The van der Waals surface area contributed by atoms with Crippen LogP contribution in [0.4, 0.5) is 0 Å². The summed E-state index contributed by atoms with van der Waals surface area (Å²) in [6, 6.07) is 13.0. The number of benzene rings is 1. The van der Waals surface area contributed by atoms with Gasteiger partial charge in [0.2, 0.25) is 0 Å². The molecule has 23 heavy (non-hydrogen) atoms. The van der Waals surface area contributed by atoms with Crippen LogP contribution in [0.15, 0.2) is 45.7 Å². The first-order valence-electron chi connectivity index (χ1n) is 8.04. The van der Waals surface area contributed by atoms with Gasteiger partial charge >= 0.3 is 0 Å². The Morgan fingerprint density at radius 1 is 1.22 bits per heavy atom. The molecule has 1 aromatic carbocycles. The third kappa shape index (κ3) is 2.91. The summed E-state index contributed by atoms with van der Waals surface area (Å²) < 4.78 is 5.76. The van der Waals surface area contributed by atoms with Crippen molar-refractivity contribution in [2.45, 2.75) is 42.3 Å². The van der Waals surface area contributed by atoms with E-state index in [9.17, 15) is 4.79 Å². The van der Waals surface area contributed by atoms with Gasteiger partial charge in [0.1, 0.15) is 5.76 Å². The molecule has 0 saturated carbocycles. The largest absolute Gasteiger partial charge is 0.451 e. The van der Waals surface area contributed by atoms with Crippen molar-refractivity contribution in [3.63, 3.8) is 0 Å². The van der Waals surface area contributed by atoms with E-state index in [2.05, 4.69) is 29.0 Å². The molecule has 120 valence electrons. The van der Waals surface area contributed by atoms with Crippen molar-refractivity contribution >= 4 is 17.7 Å². The Hall–Kier alpha value is -1.72. The van der Waals surface area contributed by atoms with Gasteiger partial charge in [-0.15, -0.1) is 11.8 Å². The summed E-state index contributed by atoms with van der Waals surface area (Å²) >= 11 is 1.71. The first-order valence-corrected chi connectivity index (χ1v) is 9.26. The molecule has 3 atom stereocenters. The normalized spacial score (nSPS) is 25.7. The maximum absolute atomic E-state index is 12.4. The van der Waals surface area contributed by atoms with E-state index in [1.54, 1.807) is 17.8 Å². The molecule has 1 amide bonds. The standard InChI is InChI=1S/C18H20N2O2S/c1-23-13-5-2-11(3-6-13)16-8-9-17(22-16)18(21)20-15-10-12-4-7-14(15)19-12/h2-3,5-6,8-9,12,14-15,19H,4,7,10H2,1H3,(H,20,21). The van der Waals surface area contributed by atoms with Crippen LogP contribution in [0.25, 0.3) is 11.3 Å². The molecular weight excluding hydrogens is 308 g/mol. The van der Waals surface area contributed by atoms with Crippen molar-refractivity contribution in [3.05, 3.63) is 42.2 Å². The van der Waals surface area contributed by atoms with Crippen LogP contribution in [-0.4, -0.2) is 30.3 Å². The van der Waals surface area contributed by atoms with Gasteiger partial charge in [-0.3, -0.25) is 4.79 Å². The quantitative estimate of drug-likeness (QED) is 0.846. The fourth-order valence-electron chi connectivity index (χ4n) is 3.59. The number of hydrogen-bond acceptors (Lipinski definition) is 4. The molecule has 0 spiro atoms. The van der Waals surface area contributed by atoms with Crippen molar-refractivity contribution in [1.29, 1.82) is 0 Å². The molecule has 1 aromatic heterocycles. The van der Waals surface area contributed by atoms with Crippen LogP contribution in [0.3, 0.4) is 0 Å². The second-order valence-electron chi connectivity index (χ2n) is 6.26. The lowest BCUT2D eigenvalue weighted by atomic mass is 9.95. The fourth-order valence-corrected chi connectivity index (χ4v) is 4.00. The molecule has 5 heteroatoms. The molecular formula is C18H20N2O2S. The molecule has 2 aliphatic heterocycles. The molecule has 2 saturated heterocycles. The van der Waals surface area contributed by atoms with Gasteiger partial charge < -0.3 is 15.1 Å². The predicted molar refractivity (Wildman–Crippen MR) is 91.7 cm³/mol. The van der Waals surface area contributed by atoms with Gasteiger partial charge in [-0.25, -0.2) is 0 Å². The van der Waals surface area contributed by atoms with Gasteiger partial charge in [-0.1, -0.05) is 12.1 Å². The summed E-state index contributed by atoms with van der Waals surface area (Å²) in [4.78, 5) is 13.6. The van der Waals surface area contributed by atoms with Crippen LogP contribution in [0, 0.1) is 0 Å². The molecule has 4 nitrogen and oxygen atoms in total. The highest BCUT2D eigenvalue weighted by molar-refractivity contribution is 7.98. The first-order chi connectivity index (χ1) is 11.2. The molecule has 0 radical (unpaired) electrons. The van der Waals surface area contributed by atoms with Crippen molar-refractivity contribution in [2.24, 2.45) is 0 Å². The molecule has 0 aliphatic carbocycles. The van der Waals surface area contributed by atoms with Gasteiger partial charge in [0, 0.05) is 28.6 Å². The summed E-state index contributed by atoms with van der Waals surface area (Å²) in [5.74, 6) is 1.00. The SMILES string of the molecule is CSc1ccc(-c2ccc(C(=O)NC3CC4CCC3N4)o2)cc1. The third-order valence-electron chi connectivity index (χ3n) is 4.82. The second kappa shape index (κ2) is 6.06. The number of hydrogen-bond donors (Lipinski definition) is 2. The van der Waals surface area contributed by atoms with Gasteiger partial charge in [0.05, 0.1) is 0 Å². The zero-order chi connectivity index (χ0) is 15.8. The minimum Gasteiger partial charge on any atom is -0.451 e. The summed E-state index contributed by atoms with van der Waals surface area (Å²) in [5, 5.41) is 6.64. The summed E-state index contributed by atoms with van der Waals surface area (Å²) in [7, 11) is 0. The second-order valence-corrected chi connectivity index (χ2v) is 7.14. The fraction of sp³-hybridized carbons (Fsp3) is 0.389. The maximum Gasteiger partial charge on any atom is 0.287 e. The molecule has 2 aliphatic rings. The summed E-state index contributed by atoms with van der Waals surface area (Å²) in [6.07, 6.45) is 5.46. The number of rotatable bonds is 4. The van der Waals surface area contributed by atoms with Crippen LogP contribution >= 0.6 is 11.8 Å². The Bertz CT molecular complexity index is 710. The Morgan fingerprint density at radius 3 is 2.70 bits per heavy atom. The molecule has 3 unspecified atom stereocenters. The Labute approximate surface area is 140 Å². The van der Waals surface area contributed by atoms with Crippen LogP contribution in [0.1, 0.15) is 29.8 Å². The lowest BCUT2D eigenvalue weighted by molar-refractivity contribution is 0.0903. The van der Waals surface area contributed by atoms with E-state index in [1.165, 1.54) is 11.3 Å². The van der Waals surface area contributed by atoms with E-state index in [0.717, 1.165) is 24.2 Å². The maximum atomic E-state index is 12.4. The van der Waals surface area contributed by atoms with Crippen LogP contribution < -0.4 is 10.6 Å². The van der Waals surface area contributed by atoms with E-state index in [4.69, 9.17) is 4.42 Å². The molecule has 2 bridgehead atoms. The average Bonchev–Trinajstić information content (AvgIpc) is 3.31. The lowest BCUT2D eigenvalue weighted by Crippen LogP contribution is -2.42. The Morgan fingerprint density at radius 2 is 2.04 bits per heavy atom. The van der Waals surface area contributed by atoms with Gasteiger partial charge in [-0.05, 0) is 49.8 Å². The first kappa shape index (κ1) is 14.8.